The molecule has 0 spiro atoms. The number of piperidine rings is 1. The average molecular weight is 1750 g/mol. The van der Waals surface area contributed by atoms with Gasteiger partial charge >= 0.3 is 59.9 Å². The van der Waals surface area contributed by atoms with Crippen LogP contribution < -0.4 is 58.7 Å². The van der Waals surface area contributed by atoms with Gasteiger partial charge in [-0.1, -0.05) is 112 Å². The maximum Gasteiger partial charge on any atom is 0.426 e. The SMILES string of the molecule is CCCC(=O)OCN(C(=O)[C@@H](NC(=O)[C@H]1CCCCN1C)C(C)CC)[C@H](C[C@@H](OC(C)=O)c1nc(C(=O)N[C@@H](Cc2ccc(O)cc2)C[C@H](C)C(=O)NNC(=O)OCCSSCCNC(=O)[C@H](CC(=O)O)NC(=O)[C@H](CC(=O)O)NC(=O)Cc2ccc(CNC(=O)NCCCC[C@@H](NC(=O)N[C@@H](CCC(=O)O)C(=O)O)C(=O)O)cc2)cs1)C(C)C. The highest BCUT2D eigenvalue weighted by molar-refractivity contribution is 8.76. The number of carboxylic acids is 5. The van der Waals surface area contributed by atoms with Crippen molar-refractivity contribution in [3.05, 3.63) is 81.3 Å². The average Bonchev–Trinajstić information content (AvgIpc) is 1.23. The predicted octanol–water partition coefficient (Wildman–Crippen LogP) is 3.84. The number of nitrogens with zero attached hydrogens (tertiary/aromatic N) is 3. The molecule has 1 aliphatic rings. The fraction of sp³-hybridized carbons (Fsp3) is 0.584. The van der Waals surface area contributed by atoms with Crippen LogP contribution in [0.5, 0.6) is 5.75 Å². The first kappa shape index (κ1) is 101. The second-order valence-electron chi connectivity index (χ2n) is 29.0. The normalized spacial score (nSPS) is 15.0. The molecule has 0 saturated carbocycles. The van der Waals surface area contributed by atoms with E-state index in [-0.39, 0.29) is 123 Å². The Labute approximate surface area is 705 Å². The predicted molar refractivity (Wildman–Crippen MR) is 436 cm³/mol. The largest absolute Gasteiger partial charge is 0.508 e. The van der Waals surface area contributed by atoms with Gasteiger partial charge in [-0.25, -0.2) is 34.4 Å². The van der Waals surface area contributed by atoms with Crippen LogP contribution in [-0.2, 0) is 95.9 Å². The second kappa shape index (κ2) is 53.5. The van der Waals surface area contributed by atoms with Gasteiger partial charge < -0.3 is 97.6 Å². The molecule has 17 N–H and O–H groups in total. The summed E-state index contributed by atoms with van der Waals surface area (Å²) in [4.78, 5) is 225. The van der Waals surface area contributed by atoms with E-state index in [4.69, 9.17) is 19.3 Å². The minimum Gasteiger partial charge on any atom is -0.508 e. The van der Waals surface area contributed by atoms with Crippen molar-refractivity contribution in [3.8, 4) is 5.75 Å². The monoisotopic (exact) mass is 1740 g/mol. The molecule has 2 heterocycles. The van der Waals surface area contributed by atoms with Gasteiger partial charge in [0, 0.05) is 80.7 Å². The van der Waals surface area contributed by atoms with Crippen LogP contribution >= 0.6 is 32.9 Å². The van der Waals surface area contributed by atoms with Gasteiger partial charge in [0.1, 0.15) is 53.3 Å². The van der Waals surface area contributed by atoms with Crippen molar-refractivity contribution in [1.82, 2.24) is 73.5 Å². The molecule has 1 aliphatic heterocycles. The summed E-state index contributed by atoms with van der Waals surface area (Å²) in [6.45, 7) is 12.2. The molecule has 11 atom stereocenters. The minimum atomic E-state index is -1.76. The third-order valence-electron chi connectivity index (χ3n) is 19.0. The zero-order valence-electron chi connectivity index (χ0n) is 68.2. The van der Waals surface area contributed by atoms with Crippen LogP contribution in [0.2, 0.25) is 0 Å². The van der Waals surface area contributed by atoms with Crippen LogP contribution in [0.3, 0.4) is 0 Å². The number of carbonyl (C=O) groups excluding carboxylic acids is 12. The van der Waals surface area contributed by atoms with Gasteiger partial charge in [-0.3, -0.25) is 67.9 Å². The van der Waals surface area contributed by atoms with Crippen molar-refractivity contribution in [3.63, 3.8) is 0 Å². The number of aliphatic carboxylic acids is 5. The Bertz CT molecular complexity index is 3950. The molecule has 664 valence electrons. The summed E-state index contributed by atoms with van der Waals surface area (Å²) in [5, 5.41) is 80.8. The zero-order chi connectivity index (χ0) is 89.1. The number of aromatic hydroxyl groups is 1. The van der Waals surface area contributed by atoms with Crippen LogP contribution in [0.4, 0.5) is 14.4 Å². The lowest BCUT2D eigenvalue weighted by Crippen LogP contribution is -2.59. The molecule has 1 fully saturated rings. The number of carboxylic acid groups (broad SMARTS) is 5. The minimum absolute atomic E-state index is 0.00149. The summed E-state index contributed by atoms with van der Waals surface area (Å²) in [6.07, 6.45) is -1.41. The number of phenolic OH excluding ortho intramolecular Hbond substituents is 1. The van der Waals surface area contributed by atoms with E-state index in [9.17, 15) is 102 Å². The maximum atomic E-state index is 15.0. The molecule has 1 unspecified atom stereocenters. The van der Waals surface area contributed by atoms with Crippen molar-refractivity contribution in [2.24, 2.45) is 17.8 Å². The van der Waals surface area contributed by atoms with Crippen LogP contribution in [0, 0.1) is 17.8 Å². The van der Waals surface area contributed by atoms with Gasteiger partial charge in [-0.15, -0.1) is 11.3 Å². The lowest BCUT2D eigenvalue weighted by Gasteiger charge is -2.39. The van der Waals surface area contributed by atoms with Crippen molar-refractivity contribution in [2.75, 3.05) is 51.5 Å². The Morgan fingerprint density at radius 3 is 1.88 bits per heavy atom. The molecule has 1 aromatic heterocycles. The molecule has 3 aromatic rings. The number of benzene rings is 2. The molecule has 12 amide bonds. The summed E-state index contributed by atoms with van der Waals surface area (Å²) in [5.74, 6) is -14.7. The number of likely N-dealkylation sites (N-methyl/N-ethyl adjacent to an activating group) is 1. The van der Waals surface area contributed by atoms with Crippen molar-refractivity contribution >= 4 is 134 Å². The fourth-order valence-corrected chi connectivity index (χ4v) is 14.9. The van der Waals surface area contributed by atoms with Gasteiger partial charge in [0.15, 0.2) is 12.8 Å². The number of esters is 2. The molecule has 0 radical (unpaired) electrons. The first-order valence-electron chi connectivity index (χ1n) is 39.2. The number of rotatable bonds is 53. The van der Waals surface area contributed by atoms with Gasteiger partial charge in [-0.05, 0) is 112 Å². The number of hydrogen-bond donors (Lipinski definition) is 17. The Morgan fingerprint density at radius 1 is 0.642 bits per heavy atom. The highest BCUT2D eigenvalue weighted by Gasteiger charge is 2.41. The number of hydrazine groups is 1. The van der Waals surface area contributed by atoms with E-state index in [1.165, 1.54) is 63.1 Å². The second-order valence-corrected chi connectivity index (χ2v) is 32.5. The zero-order valence-corrected chi connectivity index (χ0v) is 70.7. The number of nitrogens with one attached hydrogen (secondary N) is 11. The molecular formula is C77H112N14O26S3. The van der Waals surface area contributed by atoms with E-state index in [2.05, 4.69) is 58.4 Å². The third kappa shape index (κ3) is 38.3. The Hall–Kier alpha value is -11.1. The van der Waals surface area contributed by atoms with Crippen molar-refractivity contribution in [1.29, 1.82) is 0 Å². The van der Waals surface area contributed by atoms with Gasteiger partial charge in [0.2, 0.25) is 35.4 Å². The molecule has 1 saturated heterocycles. The highest BCUT2D eigenvalue weighted by atomic mass is 33.1. The number of amides is 12. The van der Waals surface area contributed by atoms with Crippen molar-refractivity contribution < 1.29 is 126 Å². The van der Waals surface area contributed by atoms with Gasteiger partial charge in [-0.2, -0.15) is 0 Å². The fourth-order valence-electron chi connectivity index (χ4n) is 12.3. The van der Waals surface area contributed by atoms with Crippen molar-refractivity contribution in [2.45, 2.75) is 219 Å². The van der Waals surface area contributed by atoms with E-state index in [1.807, 2.05) is 51.9 Å². The topological polar surface area (TPSA) is 591 Å². The van der Waals surface area contributed by atoms with Crippen LogP contribution in [-0.4, -0.2) is 247 Å². The summed E-state index contributed by atoms with van der Waals surface area (Å²) < 4.78 is 16.8. The van der Waals surface area contributed by atoms with E-state index in [0.29, 0.717) is 36.0 Å². The molecule has 120 heavy (non-hydrogen) atoms. The van der Waals surface area contributed by atoms with E-state index >= 15 is 4.79 Å². The smallest absolute Gasteiger partial charge is 0.426 e. The lowest BCUT2D eigenvalue weighted by atomic mass is 9.92. The first-order chi connectivity index (χ1) is 56.9. The highest BCUT2D eigenvalue weighted by Crippen LogP contribution is 2.33. The summed E-state index contributed by atoms with van der Waals surface area (Å²) in [5.41, 5.74) is 6.07. The summed E-state index contributed by atoms with van der Waals surface area (Å²) in [7, 11) is 4.29. The molecule has 0 aliphatic carbocycles. The molecular weight excluding hydrogens is 1630 g/mol. The van der Waals surface area contributed by atoms with Gasteiger partial charge in [0.05, 0.1) is 25.3 Å². The van der Waals surface area contributed by atoms with E-state index in [0.717, 1.165) is 30.7 Å². The Morgan fingerprint density at radius 2 is 1.27 bits per heavy atom. The molecule has 2 aromatic carbocycles. The number of carbonyl (C=O) groups is 17. The van der Waals surface area contributed by atoms with E-state index in [1.54, 1.807) is 31.2 Å². The van der Waals surface area contributed by atoms with Gasteiger partial charge in [0.25, 0.3) is 5.91 Å². The number of likely N-dealkylation sites (tertiary alicyclic amines) is 1. The molecule has 43 heteroatoms. The number of phenols is 1. The number of urea groups is 2. The number of unbranched alkanes of at least 4 members (excludes halogenated alkanes) is 1. The molecule has 4 rings (SSSR count). The quantitative estimate of drug-likeness (QED) is 0.00953. The Balaban J connectivity index is 1.25. The van der Waals surface area contributed by atoms with E-state index < -0.39 is 188 Å². The van der Waals surface area contributed by atoms with Crippen LogP contribution in [0.1, 0.15) is 183 Å². The van der Waals surface area contributed by atoms with Crippen LogP contribution in [0.15, 0.2) is 53.9 Å². The Kier molecular flexibility index (Phi) is 45.1. The maximum absolute atomic E-state index is 15.0. The summed E-state index contributed by atoms with van der Waals surface area (Å²) in [6, 6.07) is 1.17. The number of ether oxygens (including phenoxy) is 3. The number of thiazole rings is 1. The summed E-state index contributed by atoms with van der Waals surface area (Å²) >= 11 is 1.02. The molecule has 0 bridgehead atoms. The number of aromatic nitrogens is 1. The standard InChI is InChI=1S/C77H112N14O26S3/c1-9-15-64(101)116-42-91(72(107)65(44(5)10-2)87-70(106)57-17-12-14-30-90(57)8)58(43(3)4)39-59(117-46(7)92)71-84-56(41-118-71)69(105)81-50(35-47-22-24-51(93)25-23-47)34-45(6)66(102)88-89-77(114)115-31-33-120-119-32-29-78-67(103)54(37-62(97)98)83-68(104)55(38-63(99)100)82-60(94)36-48-18-20-49(21-19-48)40-80-75(112)79-28-13-11-16-52(73(108)109)85-76(113)86-53(74(110)111)26-27-61(95)96/h18-25,41,43-45,50,52-55,57-59,65,93H,9-17,26-40,42H2,1-8H3,(H,78,103)(H,81,105)(H,82,94)(H,83,104)(H,87,106)(H,88,102)(H,89,114)(H,95,96)(H,97,98)(H,99,100)(H,108,109)(H,110,111)(H2,79,80,112)(H2,85,86,113)/t44?,45-,50+,52+,53-,54-,55-,57+,58+,59+,65-/m0/s1. The van der Waals surface area contributed by atoms with Crippen LogP contribution in [0.25, 0.3) is 0 Å². The molecule has 40 nitrogen and oxygen atoms in total. The first-order valence-corrected chi connectivity index (χ1v) is 42.5. The third-order valence-corrected chi connectivity index (χ3v) is 22.3. The lowest BCUT2D eigenvalue weighted by molar-refractivity contribution is -0.161. The number of hydrogen-bond acceptors (Lipinski definition) is 26.